The molecule has 0 unspecified atom stereocenters. The molecule has 1 N–H and O–H groups in total. The number of halogens is 2. The number of nitrogens with zero attached hydrogens (tertiary/aromatic N) is 1. The fourth-order valence-electron chi connectivity index (χ4n) is 2.29. The molecule has 0 aromatic heterocycles. The number of benzene rings is 1. The zero-order valence-electron chi connectivity index (χ0n) is 11.3. The molecule has 0 radical (unpaired) electrons. The van der Waals surface area contributed by atoms with Gasteiger partial charge in [0.15, 0.2) is 0 Å². The smallest absolute Gasteiger partial charge is 0.120 e. The Kier molecular flexibility index (Phi) is 7.54. The molecule has 1 aliphatic heterocycles. The second kappa shape index (κ2) is 8.64. The van der Waals surface area contributed by atoms with Gasteiger partial charge in [0, 0.05) is 17.6 Å². The Morgan fingerprint density at radius 2 is 2.11 bits per heavy atom. The standard InChI is InChI=1S/C14H21ClN2O.ClH/c1-17(13-5-7-16-8-6-13)9-10-18-14-4-2-3-12(15)11-14;/h2-4,11,13,16H,5-10H2,1H3;1H. The molecule has 0 atom stereocenters. The summed E-state index contributed by atoms with van der Waals surface area (Å²) in [6.07, 6.45) is 2.46. The van der Waals surface area contributed by atoms with Crippen LogP contribution in [-0.4, -0.2) is 44.2 Å². The molecule has 1 fully saturated rings. The zero-order valence-corrected chi connectivity index (χ0v) is 12.8. The number of hydrogen-bond acceptors (Lipinski definition) is 3. The van der Waals surface area contributed by atoms with Gasteiger partial charge in [-0.2, -0.15) is 0 Å². The quantitative estimate of drug-likeness (QED) is 0.905. The van der Waals surface area contributed by atoms with E-state index >= 15 is 0 Å². The number of nitrogens with one attached hydrogen (secondary N) is 1. The summed E-state index contributed by atoms with van der Waals surface area (Å²) >= 11 is 5.91. The maximum atomic E-state index is 5.91. The number of likely N-dealkylation sites (N-methyl/N-ethyl adjacent to an activating group) is 1. The van der Waals surface area contributed by atoms with Crippen LogP contribution in [0.3, 0.4) is 0 Å². The van der Waals surface area contributed by atoms with Crippen LogP contribution in [0.25, 0.3) is 0 Å². The lowest BCUT2D eigenvalue weighted by molar-refractivity contribution is 0.165. The predicted octanol–water partition coefficient (Wildman–Crippen LogP) is 2.82. The van der Waals surface area contributed by atoms with E-state index in [-0.39, 0.29) is 12.4 Å². The van der Waals surface area contributed by atoms with E-state index in [4.69, 9.17) is 16.3 Å². The van der Waals surface area contributed by atoms with Gasteiger partial charge < -0.3 is 10.1 Å². The van der Waals surface area contributed by atoms with Crippen LogP contribution in [0.4, 0.5) is 0 Å². The van der Waals surface area contributed by atoms with Crippen molar-refractivity contribution in [2.24, 2.45) is 0 Å². The molecule has 19 heavy (non-hydrogen) atoms. The molecule has 0 saturated carbocycles. The first-order valence-electron chi connectivity index (χ1n) is 6.55. The monoisotopic (exact) mass is 304 g/mol. The van der Waals surface area contributed by atoms with Crippen molar-refractivity contribution in [3.8, 4) is 5.75 Å². The van der Waals surface area contributed by atoms with Crippen molar-refractivity contribution in [1.82, 2.24) is 10.2 Å². The van der Waals surface area contributed by atoms with Crippen molar-refractivity contribution in [3.63, 3.8) is 0 Å². The Morgan fingerprint density at radius 1 is 1.37 bits per heavy atom. The van der Waals surface area contributed by atoms with E-state index < -0.39 is 0 Å². The minimum Gasteiger partial charge on any atom is -0.492 e. The first-order chi connectivity index (χ1) is 8.75. The van der Waals surface area contributed by atoms with Crippen LogP contribution in [0, 0.1) is 0 Å². The zero-order chi connectivity index (χ0) is 12.8. The van der Waals surface area contributed by atoms with Crippen molar-refractivity contribution in [2.45, 2.75) is 18.9 Å². The molecule has 5 heteroatoms. The van der Waals surface area contributed by atoms with Crippen LogP contribution in [-0.2, 0) is 0 Å². The summed E-state index contributed by atoms with van der Waals surface area (Å²) in [4.78, 5) is 2.39. The van der Waals surface area contributed by atoms with Gasteiger partial charge in [-0.05, 0) is 51.2 Å². The second-order valence-electron chi connectivity index (χ2n) is 4.77. The maximum absolute atomic E-state index is 5.91. The summed E-state index contributed by atoms with van der Waals surface area (Å²) < 4.78 is 5.71. The van der Waals surface area contributed by atoms with Crippen LogP contribution in [0.15, 0.2) is 24.3 Å². The van der Waals surface area contributed by atoms with Crippen molar-refractivity contribution < 1.29 is 4.74 Å². The van der Waals surface area contributed by atoms with Gasteiger partial charge in [-0.25, -0.2) is 0 Å². The molecule has 108 valence electrons. The normalized spacial score (nSPS) is 16.2. The highest BCUT2D eigenvalue weighted by molar-refractivity contribution is 6.30. The summed E-state index contributed by atoms with van der Waals surface area (Å²) in [5.41, 5.74) is 0. The van der Waals surface area contributed by atoms with E-state index in [0.29, 0.717) is 12.6 Å². The molecular weight excluding hydrogens is 283 g/mol. The highest BCUT2D eigenvalue weighted by Gasteiger charge is 2.17. The van der Waals surface area contributed by atoms with Crippen molar-refractivity contribution >= 4 is 24.0 Å². The van der Waals surface area contributed by atoms with Gasteiger partial charge in [-0.1, -0.05) is 17.7 Å². The van der Waals surface area contributed by atoms with Crippen molar-refractivity contribution in [2.75, 3.05) is 33.3 Å². The van der Waals surface area contributed by atoms with Gasteiger partial charge in [0.2, 0.25) is 0 Å². The van der Waals surface area contributed by atoms with Crippen LogP contribution in [0.1, 0.15) is 12.8 Å². The highest BCUT2D eigenvalue weighted by atomic mass is 35.5. The fraction of sp³-hybridized carbons (Fsp3) is 0.571. The van der Waals surface area contributed by atoms with Crippen LogP contribution in [0.2, 0.25) is 5.02 Å². The molecule has 0 spiro atoms. The van der Waals surface area contributed by atoms with Crippen LogP contribution >= 0.6 is 24.0 Å². The SMILES string of the molecule is CN(CCOc1cccc(Cl)c1)C1CCNCC1.Cl. The van der Waals surface area contributed by atoms with Gasteiger partial charge in [0.1, 0.15) is 12.4 Å². The summed E-state index contributed by atoms with van der Waals surface area (Å²) in [6, 6.07) is 8.25. The predicted molar refractivity (Wildman–Crippen MR) is 82.7 cm³/mol. The average Bonchev–Trinajstić information content (AvgIpc) is 2.40. The van der Waals surface area contributed by atoms with E-state index in [1.54, 1.807) is 0 Å². The first-order valence-corrected chi connectivity index (χ1v) is 6.93. The van der Waals surface area contributed by atoms with Gasteiger partial charge in [-0.3, -0.25) is 4.90 Å². The number of piperidine rings is 1. The summed E-state index contributed by atoms with van der Waals surface area (Å²) in [6.45, 7) is 3.92. The number of rotatable bonds is 5. The summed E-state index contributed by atoms with van der Waals surface area (Å²) in [5.74, 6) is 0.848. The topological polar surface area (TPSA) is 24.5 Å². The minimum absolute atomic E-state index is 0. The number of hydrogen-bond donors (Lipinski definition) is 1. The van der Waals surface area contributed by atoms with E-state index in [1.165, 1.54) is 12.8 Å². The fourth-order valence-corrected chi connectivity index (χ4v) is 2.47. The van der Waals surface area contributed by atoms with Crippen molar-refractivity contribution in [1.29, 1.82) is 0 Å². The van der Waals surface area contributed by atoms with Gasteiger partial charge in [0.25, 0.3) is 0 Å². The third-order valence-electron chi connectivity index (χ3n) is 3.44. The van der Waals surface area contributed by atoms with Gasteiger partial charge in [-0.15, -0.1) is 12.4 Å². The summed E-state index contributed by atoms with van der Waals surface area (Å²) in [7, 11) is 2.18. The molecule has 0 amide bonds. The lowest BCUT2D eigenvalue weighted by Crippen LogP contribution is -2.42. The Morgan fingerprint density at radius 3 is 2.79 bits per heavy atom. The molecule has 3 nitrogen and oxygen atoms in total. The Hall–Kier alpha value is -0.480. The maximum Gasteiger partial charge on any atom is 0.120 e. The van der Waals surface area contributed by atoms with Crippen LogP contribution < -0.4 is 10.1 Å². The Bertz CT molecular complexity index is 370. The first kappa shape index (κ1) is 16.6. The molecule has 1 saturated heterocycles. The van der Waals surface area contributed by atoms with E-state index in [2.05, 4.69) is 17.3 Å². The Balaban J connectivity index is 0.00000180. The molecule has 2 rings (SSSR count). The molecule has 1 aromatic rings. The molecule has 1 heterocycles. The second-order valence-corrected chi connectivity index (χ2v) is 5.20. The van der Waals surface area contributed by atoms with E-state index in [0.717, 1.165) is 30.4 Å². The van der Waals surface area contributed by atoms with E-state index in [1.807, 2.05) is 24.3 Å². The highest BCUT2D eigenvalue weighted by Crippen LogP contribution is 2.17. The largest absolute Gasteiger partial charge is 0.492 e. The molecule has 1 aromatic carbocycles. The molecular formula is C14H22Cl2N2O. The van der Waals surface area contributed by atoms with Crippen LogP contribution in [0.5, 0.6) is 5.75 Å². The lowest BCUT2D eigenvalue weighted by Gasteiger charge is -2.31. The van der Waals surface area contributed by atoms with Crippen molar-refractivity contribution in [3.05, 3.63) is 29.3 Å². The minimum atomic E-state index is 0. The lowest BCUT2D eigenvalue weighted by atomic mass is 10.1. The van der Waals surface area contributed by atoms with Gasteiger partial charge in [0.05, 0.1) is 0 Å². The molecule has 0 bridgehead atoms. The summed E-state index contributed by atoms with van der Waals surface area (Å²) in [5, 5.41) is 4.11. The third kappa shape index (κ3) is 5.57. The Labute approximate surface area is 126 Å². The number of ether oxygens (including phenoxy) is 1. The third-order valence-corrected chi connectivity index (χ3v) is 3.68. The molecule has 0 aliphatic carbocycles. The van der Waals surface area contributed by atoms with E-state index in [9.17, 15) is 0 Å². The average molecular weight is 305 g/mol. The molecule has 1 aliphatic rings. The van der Waals surface area contributed by atoms with Gasteiger partial charge >= 0.3 is 0 Å².